The van der Waals surface area contributed by atoms with Gasteiger partial charge in [-0.3, -0.25) is 14.9 Å². The van der Waals surface area contributed by atoms with Crippen LogP contribution in [0.3, 0.4) is 0 Å². The number of aliphatic hydroxyl groups excluding tert-OH is 1. The molecule has 1 amide bonds. The van der Waals surface area contributed by atoms with E-state index >= 15 is 0 Å². The maximum atomic E-state index is 12.6. The maximum absolute atomic E-state index is 12.6. The van der Waals surface area contributed by atoms with Gasteiger partial charge >= 0.3 is 0 Å². The summed E-state index contributed by atoms with van der Waals surface area (Å²) in [7, 11) is 0. The molecule has 4 rings (SSSR count). The first-order valence-corrected chi connectivity index (χ1v) is 8.98. The number of nitrogens with one attached hydrogen (secondary N) is 1. The number of nitrogens with zero attached hydrogens (tertiary/aromatic N) is 4. The van der Waals surface area contributed by atoms with Crippen LogP contribution in [0.2, 0.25) is 0 Å². The van der Waals surface area contributed by atoms with Gasteiger partial charge in [0.25, 0.3) is 0 Å². The Labute approximate surface area is 156 Å². The zero-order valence-electron chi connectivity index (χ0n) is 14.8. The van der Waals surface area contributed by atoms with Crippen LogP contribution in [0, 0.1) is 0 Å². The molecule has 0 saturated carbocycles. The first kappa shape index (κ1) is 17.6. The molecule has 0 bridgehead atoms. The number of aliphatic hydroxyl groups is 1. The van der Waals surface area contributed by atoms with Gasteiger partial charge in [0.15, 0.2) is 5.82 Å². The SMILES string of the molecule is O=C(CCc1cnc2ccccc2c1)N1CCOC(c2n[nH]c(CO)n2)C1. The normalized spacial score (nSPS) is 17.4. The lowest BCUT2D eigenvalue weighted by Crippen LogP contribution is -2.42. The van der Waals surface area contributed by atoms with Gasteiger partial charge in [0.2, 0.25) is 5.91 Å². The Morgan fingerprint density at radius 2 is 2.26 bits per heavy atom. The summed E-state index contributed by atoms with van der Waals surface area (Å²) in [6, 6.07) is 10.0. The molecule has 0 aliphatic carbocycles. The molecule has 140 valence electrons. The van der Waals surface area contributed by atoms with E-state index in [2.05, 4.69) is 26.2 Å². The highest BCUT2D eigenvalue weighted by molar-refractivity contribution is 5.79. The van der Waals surface area contributed by atoms with Crippen LogP contribution in [0.1, 0.15) is 29.7 Å². The van der Waals surface area contributed by atoms with Gasteiger partial charge < -0.3 is 14.7 Å². The van der Waals surface area contributed by atoms with E-state index < -0.39 is 0 Å². The average Bonchev–Trinajstić information content (AvgIpc) is 3.21. The van der Waals surface area contributed by atoms with Crippen molar-refractivity contribution in [2.75, 3.05) is 19.7 Å². The lowest BCUT2D eigenvalue weighted by Gasteiger charge is -2.31. The predicted octanol–water partition coefficient (Wildman–Crippen LogP) is 1.38. The Bertz CT molecular complexity index is 942. The van der Waals surface area contributed by atoms with Gasteiger partial charge in [-0.2, -0.15) is 5.10 Å². The Morgan fingerprint density at radius 1 is 1.37 bits per heavy atom. The van der Waals surface area contributed by atoms with Crippen molar-refractivity contribution < 1.29 is 14.6 Å². The highest BCUT2D eigenvalue weighted by atomic mass is 16.5. The van der Waals surface area contributed by atoms with E-state index in [-0.39, 0.29) is 18.6 Å². The summed E-state index contributed by atoms with van der Waals surface area (Å²) in [5.74, 6) is 0.936. The number of aryl methyl sites for hydroxylation is 1. The summed E-state index contributed by atoms with van der Waals surface area (Å²) < 4.78 is 5.68. The Morgan fingerprint density at radius 3 is 3.11 bits per heavy atom. The molecule has 0 spiro atoms. The standard InChI is InChI=1S/C19H21N5O3/c25-12-17-21-19(23-22-17)16-11-24(7-8-27-16)18(26)6-5-13-9-14-3-1-2-4-15(14)20-10-13/h1-4,9-10,16,25H,5-8,11-12H2,(H,21,22,23). The number of rotatable bonds is 5. The number of pyridine rings is 1. The highest BCUT2D eigenvalue weighted by Crippen LogP contribution is 2.20. The van der Waals surface area contributed by atoms with Crippen molar-refractivity contribution in [3.05, 3.63) is 53.7 Å². The molecule has 2 N–H and O–H groups in total. The number of carbonyl (C=O) groups excluding carboxylic acids is 1. The van der Waals surface area contributed by atoms with E-state index in [9.17, 15) is 4.79 Å². The van der Waals surface area contributed by atoms with Crippen LogP contribution in [0.4, 0.5) is 0 Å². The number of aromatic nitrogens is 4. The smallest absolute Gasteiger partial charge is 0.223 e. The summed E-state index contributed by atoms with van der Waals surface area (Å²) in [4.78, 5) is 23.1. The number of carbonyl (C=O) groups is 1. The first-order chi connectivity index (χ1) is 13.2. The number of morpholine rings is 1. The molecule has 1 fully saturated rings. The van der Waals surface area contributed by atoms with Crippen LogP contribution < -0.4 is 0 Å². The molecule has 3 aromatic rings. The molecule has 3 heterocycles. The fourth-order valence-electron chi connectivity index (χ4n) is 3.22. The third kappa shape index (κ3) is 3.96. The number of ether oxygens (including phenoxy) is 1. The average molecular weight is 367 g/mol. The van der Waals surface area contributed by atoms with Crippen molar-refractivity contribution in [3.63, 3.8) is 0 Å². The van der Waals surface area contributed by atoms with Gasteiger partial charge in [0.05, 0.1) is 18.7 Å². The van der Waals surface area contributed by atoms with Crippen LogP contribution in [-0.2, 0) is 22.6 Å². The van der Waals surface area contributed by atoms with Gasteiger partial charge in [0, 0.05) is 24.5 Å². The number of aromatic amines is 1. The summed E-state index contributed by atoms with van der Waals surface area (Å²) >= 11 is 0. The largest absolute Gasteiger partial charge is 0.388 e. The second-order valence-electron chi connectivity index (χ2n) is 6.53. The Balaban J connectivity index is 1.37. The molecule has 0 radical (unpaired) electrons. The van der Waals surface area contributed by atoms with Gasteiger partial charge in [-0.25, -0.2) is 4.98 Å². The summed E-state index contributed by atoms with van der Waals surface area (Å²) in [5.41, 5.74) is 2.01. The van der Waals surface area contributed by atoms with E-state index in [1.54, 1.807) is 4.90 Å². The van der Waals surface area contributed by atoms with Crippen LogP contribution >= 0.6 is 0 Å². The topological polar surface area (TPSA) is 104 Å². The van der Waals surface area contributed by atoms with Crippen molar-refractivity contribution in [2.24, 2.45) is 0 Å². The number of hydrogen-bond acceptors (Lipinski definition) is 6. The number of hydrogen-bond donors (Lipinski definition) is 2. The van der Waals surface area contributed by atoms with Crippen LogP contribution in [0.15, 0.2) is 36.5 Å². The monoisotopic (exact) mass is 367 g/mol. The van der Waals surface area contributed by atoms with Crippen molar-refractivity contribution in [1.29, 1.82) is 0 Å². The van der Waals surface area contributed by atoms with E-state index in [1.807, 2.05) is 30.5 Å². The zero-order chi connectivity index (χ0) is 18.6. The molecule has 1 saturated heterocycles. The molecule has 1 unspecified atom stereocenters. The second kappa shape index (κ2) is 7.81. The molecule has 1 aliphatic heterocycles. The third-order valence-electron chi connectivity index (χ3n) is 4.68. The number of amides is 1. The molecule has 8 nitrogen and oxygen atoms in total. The molecule has 2 aromatic heterocycles. The first-order valence-electron chi connectivity index (χ1n) is 8.98. The zero-order valence-corrected chi connectivity index (χ0v) is 14.8. The van der Waals surface area contributed by atoms with Crippen molar-refractivity contribution >= 4 is 16.8 Å². The fraction of sp³-hybridized carbons (Fsp3) is 0.368. The van der Waals surface area contributed by atoms with Crippen molar-refractivity contribution in [1.82, 2.24) is 25.1 Å². The summed E-state index contributed by atoms with van der Waals surface area (Å²) in [6.45, 7) is 1.21. The lowest BCUT2D eigenvalue weighted by molar-refractivity contribution is -0.139. The van der Waals surface area contributed by atoms with Crippen LogP contribution in [0.25, 0.3) is 10.9 Å². The minimum atomic E-state index is -0.374. The van der Waals surface area contributed by atoms with Crippen molar-refractivity contribution in [3.8, 4) is 0 Å². The van der Waals surface area contributed by atoms with Crippen LogP contribution in [0.5, 0.6) is 0 Å². The predicted molar refractivity (Wildman–Crippen MR) is 97.6 cm³/mol. The van der Waals surface area contributed by atoms with Gasteiger partial charge in [-0.05, 0) is 24.1 Å². The maximum Gasteiger partial charge on any atom is 0.223 e. The molecule has 1 aliphatic rings. The third-order valence-corrected chi connectivity index (χ3v) is 4.68. The molecule has 8 heteroatoms. The molecule has 1 aromatic carbocycles. The highest BCUT2D eigenvalue weighted by Gasteiger charge is 2.27. The minimum Gasteiger partial charge on any atom is -0.388 e. The minimum absolute atomic E-state index is 0.0781. The van der Waals surface area contributed by atoms with E-state index in [4.69, 9.17) is 9.84 Å². The van der Waals surface area contributed by atoms with E-state index in [1.165, 1.54) is 0 Å². The number of H-pyrrole nitrogens is 1. The molecule has 1 atom stereocenters. The second-order valence-corrected chi connectivity index (χ2v) is 6.53. The molecular formula is C19H21N5O3. The van der Waals surface area contributed by atoms with E-state index in [0.717, 1.165) is 16.5 Å². The quantitative estimate of drug-likeness (QED) is 0.706. The van der Waals surface area contributed by atoms with Gasteiger partial charge in [-0.1, -0.05) is 18.2 Å². The summed E-state index contributed by atoms with van der Waals surface area (Å²) in [6.07, 6.45) is 2.53. The van der Waals surface area contributed by atoms with Crippen molar-refractivity contribution in [2.45, 2.75) is 25.6 Å². The number of para-hydroxylation sites is 1. The Hall–Kier alpha value is -2.84. The van der Waals surface area contributed by atoms with Gasteiger partial charge in [0.1, 0.15) is 18.5 Å². The van der Waals surface area contributed by atoms with E-state index in [0.29, 0.717) is 44.2 Å². The number of fused-ring (bicyclic) bond motifs is 1. The summed E-state index contributed by atoms with van der Waals surface area (Å²) in [5, 5.41) is 16.9. The molecule has 27 heavy (non-hydrogen) atoms. The lowest BCUT2D eigenvalue weighted by atomic mass is 10.1. The fourth-order valence-corrected chi connectivity index (χ4v) is 3.22. The van der Waals surface area contributed by atoms with Gasteiger partial charge in [-0.15, -0.1) is 0 Å². The Kier molecular flexibility index (Phi) is 5.08. The van der Waals surface area contributed by atoms with Crippen LogP contribution in [-0.4, -0.2) is 55.8 Å². The number of benzene rings is 1. The molecular weight excluding hydrogens is 346 g/mol.